The Kier molecular flexibility index (Phi) is 5.62. The maximum atomic E-state index is 14.8. The third-order valence-electron chi connectivity index (χ3n) is 6.35. The topological polar surface area (TPSA) is 83.9 Å². The van der Waals surface area contributed by atoms with Gasteiger partial charge in [0, 0.05) is 25.0 Å². The fraction of sp³-hybridized carbons (Fsp3) is 0.348. The van der Waals surface area contributed by atoms with E-state index < -0.39 is 17.7 Å². The first-order valence-electron chi connectivity index (χ1n) is 10.8. The van der Waals surface area contributed by atoms with Crippen molar-refractivity contribution in [2.24, 2.45) is 5.92 Å². The third kappa shape index (κ3) is 4.17. The number of aromatic nitrogens is 4. The van der Waals surface area contributed by atoms with Crippen LogP contribution in [0.2, 0.25) is 0 Å². The summed E-state index contributed by atoms with van der Waals surface area (Å²) in [6, 6.07) is 5.46. The van der Waals surface area contributed by atoms with E-state index >= 15 is 0 Å². The van der Waals surface area contributed by atoms with Crippen LogP contribution in [0.4, 0.5) is 23.4 Å². The molecular formula is C23H20F4N6O. The molecule has 3 atom stereocenters. The van der Waals surface area contributed by atoms with Crippen LogP contribution in [0, 0.1) is 11.7 Å². The molecule has 2 aliphatic heterocycles. The maximum absolute atomic E-state index is 14.8. The first-order chi connectivity index (χ1) is 16.3. The molecule has 3 fully saturated rings. The minimum absolute atomic E-state index is 0.0488. The quantitative estimate of drug-likeness (QED) is 0.573. The number of anilines is 1. The van der Waals surface area contributed by atoms with Gasteiger partial charge in [-0.2, -0.15) is 13.2 Å². The van der Waals surface area contributed by atoms with Crippen molar-refractivity contribution in [1.29, 1.82) is 0 Å². The van der Waals surface area contributed by atoms with Crippen LogP contribution >= 0.6 is 0 Å². The first-order valence-corrected chi connectivity index (χ1v) is 10.8. The van der Waals surface area contributed by atoms with E-state index in [1.54, 1.807) is 17.0 Å². The predicted octanol–water partition coefficient (Wildman–Crippen LogP) is 4.20. The molecule has 3 aliphatic rings. The van der Waals surface area contributed by atoms with E-state index in [1.165, 1.54) is 24.5 Å². The van der Waals surface area contributed by atoms with E-state index in [1.807, 2.05) is 0 Å². The molecule has 2 bridgehead atoms. The molecule has 7 nitrogen and oxygen atoms in total. The van der Waals surface area contributed by atoms with E-state index in [0.717, 1.165) is 19.0 Å². The molecule has 34 heavy (non-hydrogen) atoms. The number of halogens is 4. The molecule has 176 valence electrons. The zero-order chi connectivity index (χ0) is 23.9. The zero-order valence-electron chi connectivity index (χ0n) is 17.8. The van der Waals surface area contributed by atoms with E-state index in [9.17, 15) is 22.4 Å². The Morgan fingerprint density at radius 2 is 1.82 bits per heavy atom. The number of fused-ring (bicyclic) bond motifs is 3. The number of benzene rings is 1. The lowest BCUT2D eigenvalue weighted by Gasteiger charge is -2.50. The Balaban J connectivity index is 1.40. The first kappa shape index (κ1) is 22.2. The molecule has 1 aliphatic carbocycles. The summed E-state index contributed by atoms with van der Waals surface area (Å²) in [6.45, 7) is 0.520. The molecule has 0 spiro atoms. The highest BCUT2D eigenvalue weighted by molar-refractivity contribution is 6.00. The van der Waals surface area contributed by atoms with Gasteiger partial charge in [0.25, 0.3) is 5.91 Å². The molecule has 1 N–H and O–H groups in total. The minimum Gasteiger partial charge on any atom is -0.364 e. The molecule has 3 aromatic rings. The smallest absolute Gasteiger partial charge is 0.364 e. The fourth-order valence-electron chi connectivity index (χ4n) is 4.83. The van der Waals surface area contributed by atoms with Crippen molar-refractivity contribution < 1.29 is 22.4 Å². The standard InChI is InChI=1S/C23H20F4N6O/c24-15-4-1-3-14(20(15)21-28-7-2-8-29-21)22(34)33-12-13-5-6-17(33)16(9-13)32-19-11-30-18(10-31-19)23(25,26)27/h1-4,7-8,10-11,13,16-17H,5-6,9,12H2,(H,31,32)/t13?,16-,17+/m0/s1. The van der Waals surface area contributed by atoms with Crippen molar-refractivity contribution in [3.05, 3.63) is 66.1 Å². The van der Waals surface area contributed by atoms with Crippen molar-refractivity contribution >= 4 is 11.7 Å². The lowest BCUT2D eigenvalue weighted by Crippen LogP contribution is -2.59. The van der Waals surface area contributed by atoms with Gasteiger partial charge >= 0.3 is 6.18 Å². The molecule has 0 radical (unpaired) electrons. The van der Waals surface area contributed by atoms with E-state index in [4.69, 9.17) is 0 Å². The highest BCUT2D eigenvalue weighted by atomic mass is 19.4. The number of amides is 1. The van der Waals surface area contributed by atoms with Crippen LogP contribution in [0.15, 0.2) is 49.1 Å². The number of hydrogen-bond donors (Lipinski definition) is 1. The molecule has 1 aromatic carbocycles. The Morgan fingerprint density at radius 3 is 2.50 bits per heavy atom. The van der Waals surface area contributed by atoms with Gasteiger partial charge in [0.2, 0.25) is 0 Å². The van der Waals surface area contributed by atoms with Gasteiger partial charge in [0.05, 0.1) is 29.6 Å². The lowest BCUT2D eigenvalue weighted by molar-refractivity contribution is -0.141. The number of piperidine rings is 2. The summed E-state index contributed by atoms with van der Waals surface area (Å²) >= 11 is 0. The van der Waals surface area contributed by atoms with Gasteiger partial charge in [0.15, 0.2) is 11.5 Å². The molecule has 1 amide bonds. The second-order valence-corrected chi connectivity index (χ2v) is 8.47. The van der Waals surface area contributed by atoms with Gasteiger partial charge in [-0.15, -0.1) is 0 Å². The summed E-state index contributed by atoms with van der Waals surface area (Å²) in [7, 11) is 0. The number of carbonyl (C=O) groups excluding carboxylic acids is 1. The Hall–Kier alpha value is -3.63. The molecular weight excluding hydrogens is 452 g/mol. The van der Waals surface area contributed by atoms with Crippen molar-refractivity contribution in [2.45, 2.75) is 37.5 Å². The number of nitrogens with one attached hydrogen (secondary N) is 1. The number of carbonyl (C=O) groups is 1. The van der Waals surface area contributed by atoms with Crippen LogP contribution in [0.25, 0.3) is 11.4 Å². The van der Waals surface area contributed by atoms with Crippen LogP contribution < -0.4 is 5.32 Å². The predicted molar refractivity (Wildman–Crippen MR) is 114 cm³/mol. The van der Waals surface area contributed by atoms with Crippen molar-refractivity contribution in [3.63, 3.8) is 0 Å². The summed E-state index contributed by atoms with van der Waals surface area (Å²) in [5.74, 6) is -0.377. The summed E-state index contributed by atoms with van der Waals surface area (Å²) < 4.78 is 53.1. The molecule has 11 heteroatoms. The summed E-state index contributed by atoms with van der Waals surface area (Å²) in [4.78, 5) is 30.9. The van der Waals surface area contributed by atoms with Gasteiger partial charge in [-0.05, 0) is 43.4 Å². The molecule has 2 aromatic heterocycles. The minimum atomic E-state index is -4.57. The molecule has 4 heterocycles. The molecule has 1 unspecified atom stereocenters. The van der Waals surface area contributed by atoms with E-state index in [-0.39, 0.29) is 46.7 Å². The second-order valence-electron chi connectivity index (χ2n) is 8.47. The molecule has 6 rings (SSSR count). The van der Waals surface area contributed by atoms with Crippen molar-refractivity contribution in [2.75, 3.05) is 11.9 Å². The van der Waals surface area contributed by atoms with Crippen LogP contribution in [-0.2, 0) is 6.18 Å². The zero-order valence-corrected chi connectivity index (χ0v) is 17.8. The monoisotopic (exact) mass is 472 g/mol. The van der Waals surface area contributed by atoms with Crippen LogP contribution in [0.1, 0.15) is 35.3 Å². The van der Waals surface area contributed by atoms with E-state index in [0.29, 0.717) is 19.2 Å². The summed E-state index contributed by atoms with van der Waals surface area (Å²) in [5.41, 5.74) is -0.846. The highest BCUT2D eigenvalue weighted by Crippen LogP contribution is 2.38. The van der Waals surface area contributed by atoms with Crippen molar-refractivity contribution in [3.8, 4) is 11.4 Å². The number of alkyl halides is 3. The van der Waals surface area contributed by atoms with E-state index in [2.05, 4.69) is 25.3 Å². The molecule has 2 saturated heterocycles. The number of hydrogen-bond acceptors (Lipinski definition) is 6. The number of rotatable bonds is 4. The third-order valence-corrected chi connectivity index (χ3v) is 6.35. The lowest BCUT2D eigenvalue weighted by atomic mass is 9.76. The highest BCUT2D eigenvalue weighted by Gasteiger charge is 2.44. The normalized spacial score (nSPS) is 22.0. The summed E-state index contributed by atoms with van der Waals surface area (Å²) in [6.07, 6.45) is 2.53. The Bertz CT molecular complexity index is 1190. The van der Waals surface area contributed by atoms with Gasteiger partial charge < -0.3 is 10.2 Å². The number of nitrogens with zero attached hydrogens (tertiary/aromatic N) is 5. The average molecular weight is 472 g/mol. The Morgan fingerprint density at radius 1 is 1.03 bits per heavy atom. The average Bonchev–Trinajstić information content (AvgIpc) is 2.84. The molecule has 1 saturated carbocycles. The van der Waals surface area contributed by atoms with Crippen molar-refractivity contribution in [1.82, 2.24) is 24.8 Å². The Labute approximate surface area is 192 Å². The van der Waals surface area contributed by atoms with Crippen LogP contribution in [0.3, 0.4) is 0 Å². The van der Waals surface area contributed by atoms with Gasteiger partial charge in [-0.3, -0.25) is 4.79 Å². The SMILES string of the molecule is O=C(c1cccc(F)c1-c1ncccn1)N1CC2CC[C@@H]1[C@@H](Nc1cnc(C(F)(F)F)cn1)C2. The maximum Gasteiger partial charge on any atom is 0.434 e. The van der Waals surface area contributed by atoms with Gasteiger partial charge in [-0.25, -0.2) is 24.3 Å². The van der Waals surface area contributed by atoms with Gasteiger partial charge in [-0.1, -0.05) is 6.07 Å². The van der Waals surface area contributed by atoms with Crippen LogP contribution in [-0.4, -0.2) is 49.4 Å². The van der Waals surface area contributed by atoms with Crippen LogP contribution in [0.5, 0.6) is 0 Å². The van der Waals surface area contributed by atoms with Gasteiger partial charge in [0.1, 0.15) is 11.6 Å². The fourth-order valence-corrected chi connectivity index (χ4v) is 4.83. The largest absolute Gasteiger partial charge is 0.434 e. The summed E-state index contributed by atoms with van der Waals surface area (Å²) in [5, 5.41) is 3.15. The second kappa shape index (κ2) is 8.62.